The maximum Gasteiger partial charge on any atom is 0.307 e. The molecule has 1 aromatic heterocycles. The normalized spacial score (nSPS) is 37.8. The van der Waals surface area contributed by atoms with Crippen molar-refractivity contribution < 1.29 is 9.21 Å². The number of rotatable bonds is 3. The second kappa shape index (κ2) is 4.72. The third kappa shape index (κ3) is 2.21. The van der Waals surface area contributed by atoms with Gasteiger partial charge in [0, 0.05) is 11.1 Å². The number of hydrogen-bond acceptors (Lipinski definition) is 3. The Morgan fingerprint density at radius 2 is 1.86 bits per heavy atom. The van der Waals surface area contributed by atoms with E-state index in [1.807, 2.05) is 0 Å². The van der Waals surface area contributed by atoms with Crippen LogP contribution in [-0.4, -0.2) is 11.6 Å². The lowest BCUT2D eigenvalue weighted by molar-refractivity contribution is -0.0128. The van der Waals surface area contributed by atoms with Crippen molar-refractivity contribution in [3.63, 3.8) is 0 Å². The van der Waals surface area contributed by atoms with E-state index in [2.05, 4.69) is 17.5 Å². The van der Waals surface area contributed by atoms with Gasteiger partial charge in [0.15, 0.2) is 5.76 Å². The summed E-state index contributed by atoms with van der Waals surface area (Å²) in [5.74, 6) is 2.73. The van der Waals surface area contributed by atoms with Gasteiger partial charge in [-0.05, 0) is 75.3 Å². The second-order valence-electron chi connectivity index (χ2n) is 7.31. The summed E-state index contributed by atoms with van der Waals surface area (Å²) in [5.41, 5.74) is 4.03. The zero-order chi connectivity index (χ0) is 14.4. The molecule has 0 atom stereocenters. The Morgan fingerprint density at radius 1 is 1.24 bits per heavy atom. The van der Waals surface area contributed by atoms with E-state index in [0.717, 1.165) is 23.5 Å². The summed E-state index contributed by atoms with van der Waals surface area (Å²) in [6.07, 6.45) is 9.58. The number of hydrogen-bond donors (Lipinski definition) is 1. The van der Waals surface area contributed by atoms with E-state index >= 15 is 0 Å². The first-order valence-corrected chi connectivity index (χ1v) is 8.03. The van der Waals surface area contributed by atoms with Crippen LogP contribution >= 0.6 is 0 Å². The molecule has 1 heterocycles. The van der Waals surface area contributed by atoms with Gasteiger partial charge in [0.05, 0.1) is 6.26 Å². The molecule has 21 heavy (non-hydrogen) atoms. The number of nitrogens with zero attached hydrogens (tertiary/aromatic N) is 1. The van der Waals surface area contributed by atoms with E-state index in [1.54, 1.807) is 12.1 Å². The van der Waals surface area contributed by atoms with Crippen LogP contribution in [0.25, 0.3) is 0 Å². The van der Waals surface area contributed by atoms with Crippen molar-refractivity contribution in [3.8, 4) is 0 Å². The largest absolute Gasteiger partial charge is 0.459 e. The van der Waals surface area contributed by atoms with E-state index < -0.39 is 0 Å². The molecule has 4 nitrogen and oxygen atoms in total. The molecule has 0 unspecified atom stereocenters. The minimum absolute atomic E-state index is 0.255. The molecule has 0 radical (unpaired) electrons. The van der Waals surface area contributed by atoms with Crippen LogP contribution in [0.15, 0.2) is 27.9 Å². The summed E-state index contributed by atoms with van der Waals surface area (Å²) in [6.45, 7) is 2.09. The van der Waals surface area contributed by atoms with Gasteiger partial charge in [-0.15, -0.1) is 0 Å². The second-order valence-corrected chi connectivity index (χ2v) is 7.31. The molecule has 112 valence electrons. The van der Waals surface area contributed by atoms with Gasteiger partial charge in [-0.3, -0.25) is 4.79 Å². The Morgan fingerprint density at radius 3 is 2.38 bits per heavy atom. The van der Waals surface area contributed by atoms with Crippen LogP contribution in [0.3, 0.4) is 0 Å². The van der Waals surface area contributed by atoms with Crippen molar-refractivity contribution in [1.29, 1.82) is 0 Å². The summed E-state index contributed by atoms with van der Waals surface area (Å²) in [7, 11) is 0. The van der Waals surface area contributed by atoms with Gasteiger partial charge < -0.3 is 4.42 Å². The molecule has 0 saturated heterocycles. The molecular weight excluding hydrogens is 264 g/mol. The highest BCUT2D eigenvalue weighted by Crippen LogP contribution is 2.60. The van der Waals surface area contributed by atoms with Gasteiger partial charge in [0.1, 0.15) is 0 Å². The number of hydrazone groups is 1. The van der Waals surface area contributed by atoms with E-state index in [-0.39, 0.29) is 11.3 Å². The summed E-state index contributed by atoms with van der Waals surface area (Å²) in [5, 5.41) is 4.43. The van der Waals surface area contributed by atoms with Crippen LogP contribution in [0.4, 0.5) is 0 Å². The van der Waals surface area contributed by atoms with Crippen LogP contribution < -0.4 is 5.43 Å². The van der Waals surface area contributed by atoms with Gasteiger partial charge in [-0.25, -0.2) is 5.43 Å². The minimum Gasteiger partial charge on any atom is -0.459 e. The van der Waals surface area contributed by atoms with Crippen LogP contribution in [0.2, 0.25) is 0 Å². The Labute approximate surface area is 125 Å². The lowest BCUT2D eigenvalue weighted by Crippen LogP contribution is -2.49. The molecular formula is C17H22N2O2. The fourth-order valence-electron chi connectivity index (χ4n) is 5.27. The number of amides is 1. The maximum absolute atomic E-state index is 11.9. The first kappa shape index (κ1) is 13.1. The van der Waals surface area contributed by atoms with E-state index in [4.69, 9.17) is 4.42 Å². The predicted octanol–water partition coefficient (Wildman–Crippen LogP) is 3.60. The summed E-state index contributed by atoms with van der Waals surface area (Å²) in [6, 6.07) is 3.37. The van der Waals surface area contributed by atoms with Crippen LogP contribution in [0.5, 0.6) is 0 Å². The fourth-order valence-corrected chi connectivity index (χ4v) is 5.27. The standard InChI is InChI=1S/C17H22N2O2/c1-11(18-19-16(20)15-3-2-4-21-15)17-8-12-5-13(9-17)7-14(6-12)10-17/h2-4,12-14H,5-10H2,1H3,(H,19,20)/b18-11+. The topological polar surface area (TPSA) is 54.6 Å². The van der Waals surface area contributed by atoms with Gasteiger partial charge in [0.25, 0.3) is 0 Å². The summed E-state index contributed by atoms with van der Waals surface area (Å²) >= 11 is 0. The predicted molar refractivity (Wildman–Crippen MR) is 79.9 cm³/mol. The number of nitrogens with one attached hydrogen (secondary N) is 1. The Kier molecular flexibility index (Phi) is 2.95. The molecule has 4 aliphatic rings. The third-order valence-electron chi connectivity index (χ3n) is 5.88. The van der Waals surface area contributed by atoms with E-state index in [9.17, 15) is 4.79 Å². The fraction of sp³-hybridized carbons (Fsp3) is 0.647. The van der Waals surface area contributed by atoms with Gasteiger partial charge >= 0.3 is 5.91 Å². The monoisotopic (exact) mass is 286 g/mol. The molecule has 4 heteroatoms. The van der Waals surface area contributed by atoms with Crippen molar-refractivity contribution in [3.05, 3.63) is 24.2 Å². The Bertz CT molecular complexity index is 538. The molecule has 4 fully saturated rings. The highest BCUT2D eigenvalue weighted by atomic mass is 16.3. The maximum atomic E-state index is 11.9. The van der Waals surface area contributed by atoms with Gasteiger partial charge in [-0.2, -0.15) is 5.10 Å². The number of carbonyl (C=O) groups excluding carboxylic acids is 1. The highest BCUT2D eigenvalue weighted by Gasteiger charge is 2.52. The molecule has 1 aromatic rings. The Hall–Kier alpha value is -1.58. The van der Waals surface area contributed by atoms with Crippen molar-refractivity contribution in [2.75, 3.05) is 0 Å². The zero-order valence-electron chi connectivity index (χ0n) is 12.5. The van der Waals surface area contributed by atoms with Gasteiger partial charge in [-0.1, -0.05) is 0 Å². The molecule has 1 N–H and O–H groups in total. The lowest BCUT2D eigenvalue weighted by Gasteiger charge is -2.56. The highest BCUT2D eigenvalue weighted by molar-refractivity contribution is 5.94. The first-order valence-electron chi connectivity index (χ1n) is 8.03. The van der Waals surface area contributed by atoms with Gasteiger partial charge in [0.2, 0.25) is 0 Å². The number of carbonyl (C=O) groups is 1. The SMILES string of the molecule is C/C(=N\NC(=O)c1ccco1)C12CC3CC(CC(C3)C1)C2. The van der Waals surface area contributed by atoms with Crippen molar-refractivity contribution in [2.45, 2.75) is 45.4 Å². The first-order chi connectivity index (χ1) is 10.1. The average molecular weight is 286 g/mol. The van der Waals surface area contributed by atoms with E-state index in [0.29, 0.717) is 5.76 Å². The van der Waals surface area contributed by atoms with Crippen molar-refractivity contribution in [1.82, 2.24) is 5.43 Å². The lowest BCUT2D eigenvalue weighted by atomic mass is 9.48. The van der Waals surface area contributed by atoms with E-state index in [1.165, 1.54) is 44.8 Å². The molecule has 5 rings (SSSR count). The molecule has 1 amide bonds. The third-order valence-corrected chi connectivity index (χ3v) is 5.88. The Balaban J connectivity index is 1.50. The molecule has 4 saturated carbocycles. The smallest absolute Gasteiger partial charge is 0.307 e. The van der Waals surface area contributed by atoms with Crippen LogP contribution in [0, 0.1) is 23.2 Å². The molecule has 0 aliphatic heterocycles. The molecule has 0 spiro atoms. The van der Waals surface area contributed by atoms with Crippen molar-refractivity contribution >= 4 is 11.6 Å². The number of furan rings is 1. The zero-order valence-corrected chi connectivity index (χ0v) is 12.5. The van der Waals surface area contributed by atoms with Crippen molar-refractivity contribution in [2.24, 2.45) is 28.3 Å². The minimum atomic E-state index is -0.260. The van der Waals surface area contributed by atoms with Crippen LogP contribution in [-0.2, 0) is 0 Å². The van der Waals surface area contributed by atoms with Crippen LogP contribution in [0.1, 0.15) is 56.0 Å². The summed E-state index contributed by atoms with van der Waals surface area (Å²) in [4.78, 5) is 11.9. The summed E-state index contributed by atoms with van der Waals surface area (Å²) < 4.78 is 5.10. The molecule has 4 bridgehead atoms. The molecule has 4 aliphatic carbocycles. The quantitative estimate of drug-likeness (QED) is 0.681. The molecule has 0 aromatic carbocycles. The average Bonchev–Trinajstić information content (AvgIpc) is 2.97.